The number of likely N-dealkylation sites (N-methyl/N-ethyl adjacent to an activating group) is 1. The van der Waals surface area contributed by atoms with Gasteiger partial charge < -0.3 is 15.5 Å². The maximum Gasteiger partial charge on any atom is 0.125 e. The summed E-state index contributed by atoms with van der Waals surface area (Å²) in [7, 11) is 2.10. The van der Waals surface area contributed by atoms with Gasteiger partial charge in [0.2, 0.25) is 0 Å². The number of hydrogen-bond acceptors (Lipinski definition) is 3. The average molecular weight is 237 g/mol. The van der Waals surface area contributed by atoms with Crippen molar-refractivity contribution in [3.63, 3.8) is 0 Å². The lowest BCUT2D eigenvalue weighted by Crippen LogP contribution is -2.43. The van der Waals surface area contributed by atoms with E-state index >= 15 is 0 Å². The van der Waals surface area contributed by atoms with Crippen LogP contribution in [0.1, 0.15) is 6.42 Å². The van der Waals surface area contributed by atoms with E-state index in [-0.39, 0.29) is 5.82 Å². The van der Waals surface area contributed by atoms with Crippen LogP contribution in [0.15, 0.2) is 24.3 Å². The molecule has 1 fully saturated rings. The summed E-state index contributed by atoms with van der Waals surface area (Å²) in [6, 6.07) is 7.15. The second-order valence-electron chi connectivity index (χ2n) is 4.65. The molecule has 4 heteroatoms. The van der Waals surface area contributed by atoms with E-state index in [9.17, 15) is 4.39 Å². The van der Waals surface area contributed by atoms with Crippen molar-refractivity contribution in [1.29, 1.82) is 0 Å². The van der Waals surface area contributed by atoms with Gasteiger partial charge in [-0.3, -0.25) is 0 Å². The minimum atomic E-state index is -0.176. The van der Waals surface area contributed by atoms with E-state index in [2.05, 4.69) is 16.8 Å². The molecule has 1 aliphatic rings. The van der Waals surface area contributed by atoms with Gasteiger partial charge in [0.05, 0.1) is 0 Å². The zero-order valence-electron chi connectivity index (χ0n) is 10.3. The summed E-state index contributed by atoms with van der Waals surface area (Å²) < 4.78 is 13.2. The number of anilines is 1. The fourth-order valence-electron chi connectivity index (χ4n) is 2.34. The van der Waals surface area contributed by atoms with Crippen molar-refractivity contribution in [3.8, 4) is 0 Å². The van der Waals surface area contributed by atoms with Crippen LogP contribution in [0.5, 0.6) is 0 Å². The molecule has 17 heavy (non-hydrogen) atoms. The Kier molecular flexibility index (Phi) is 3.97. The first kappa shape index (κ1) is 12.3. The summed E-state index contributed by atoms with van der Waals surface area (Å²) in [5, 5.41) is 0. The van der Waals surface area contributed by atoms with Crippen molar-refractivity contribution in [2.75, 3.05) is 38.1 Å². The number of nitrogens with zero attached hydrogens (tertiary/aromatic N) is 2. The van der Waals surface area contributed by atoms with Crippen LogP contribution in [-0.2, 0) is 0 Å². The second-order valence-corrected chi connectivity index (χ2v) is 4.65. The lowest BCUT2D eigenvalue weighted by Gasteiger charge is -2.29. The highest BCUT2D eigenvalue weighted by molar-refractivity contribution is 5.46. The third kappa shape index (κ3) is 2.96. The molecule has 1 heterocycles. The van der Waals surface area contributed by atoms with Gasteiger partial charge >= 0.3 is 0 Å². The van der Waals surface area contributed by atoms with Crippen molar-refractivity contribution >= 4 is 5.69 Å². The molecule has 1 saturated heterocycles. The van der Waals surface area contributed by atoms with Crippen LogP contribution >= 0.6 is 0 Å². The van der Waals surface area contributed by atoms with Crippen LogP contribution in [0.25, 0.3) is 0 Å². The summed E-state index contributed by atoms with van der Waals surface area (Å²) in [5.74, 6) is -0.176. The molecule has 1 atom stereocenters. The van der Waals surface area contributed by atoms with Gasteiger partial charge in [0, 0.05) is 31.4 Å². The number of nitrogens with two attached hydrogens (primary N) is 1. The van der Waals surface area contributed by atoms with E-state index in [1.807, 2.05) is 6.07 Å². The van der Waals surface area contributed by atoms with Gasteiger partial charge in [0.25, 0.3) is 0 Å². The maximum atomic E-state index is 13.2. The highest BCUT2D eigenvalue weighted by Crippen LogP contribution is 2.19. The number of halogens is 1. The summed E-state index contributed by atoms with van der Waals surface area (Å²) in [6.45, 7) is 3.52. The molecule has 0 bridgehead atoms. The maximum absolute atomic E-state index is 13.2. The van der Waals surface area contributed by atoms with E-state index < -0.39 is 0 Å². The first-order chi connectivity index (χ1) is 8.20. The summed E-state index contributed by atoms with van der Waals surface area (Å²) in [6.07, 6.45) is 1.09. The van der Waals surface area contributed by atoms with E-state index in [4.69, 9.17) is 5.73 Å². The third-order valence-electron chi connectivity index (χ3n) is 3.44. The molecule has 1 aromatic carbocycles. The highest BCUT2D eigenvalue weighted by Gasteiger charge is 2.21. The fourth-order valence-corrected chi connectivity index (χ4v) is 2.34. The fraction of sp³-hybridized carbons (Fsp3) is 0.538. The molecule has 0 radical (unpaired) electrons. The van der Waals surface area contributed by atoms with Crippen molar-refractivity contribution in [3.05, 3.63) is 30.1 Å². The Balaban J connectivity index is 2.15. The van der Waals surface area contributed by atoms with Crippen LogP contribution in [-0.4, -0.2) is 44.2 Å². The normalized spacial score (nSPS) is 22.5. The van der Waals surface area contributed by atoms with Crippen molar-refractivity contribution in [1.82, 2.24) is 4.90 Å². The van der Waals surface area contributed by atoms with Crippen molar-refractivity contribution in [2.45, 2.75) is 12.5 Å². The molecule has 3 nitrogen and oxygen atoms in total. The Morgan fingerprint density at radius 3 is 2.94 bits per heavy atom. The van der Waals surface area contributed by atoms with Crippen LogP contribution in [0.3, 0.4) is 0 Å². The lowest BCUT2D eigenvalue weighted by atomic mass is 10.2. The first-order valence-corrected chi connectivity index (χ1v) is 6.11. The predicted octanol–water partition coefficient (Wildman–Crippen LogP) is 1.29. The van der Waals surface area contributed by atoms with Gasteiger partial charge in [-0.1, -0.05) is 6.07 Å². The molecule has 1 aromatic rings. The Morgan fingerprint density at radius 2 is 2.24 bits per heavy atom. The molecule has 94 valence electrons. The third-order valence-corrected chi connectivity index (χ3v) is 3.44. The zero-order chi connectivity index (χ0) is 12.3. The van der Waals surface area contributed by atoms with Crippen LogP contribution in [0.4, 0.5) is 10.1 Å². The molecular weight excluding hydrogens is 217 g/mol. The predicted molar refractivity (Wildman–Crippen MR) is 68.7 cm³/mol. The smallest absolute Gasteiger partial charge is 0.125 e. The summed E-state index contributed by atoms with van der Waals surface area (Å²) >= 11 is 0. The summed E-state index contributed by atoms with van der Waals surface area (Å²) in [5.41, 5.74) is 6.75. The zero-order valence-corrected chi connectivity index (χ0v) is 10.3. The van der Waals surface area contributed by atoms with Crippen LogP contribution in [0, 0.1) is 5.82 Å². The molecule has 1 unspecified atom stereocenters. The number of benzene rings is 1. The van der Waals surface area contributed by atoms with E-state index in [1.165, 1.54) is 6.07 Å². The topological polar surface area (TPSA) is 32.5 Å². The molecule has 0 spiro atoms. The van der Waals surface area contributed by atoms with Gasteiger partial charge in [0.15, 0.2) is 0 Å². The van der Waals surface area contributed by atoms with E-state index in [0.717, 1.165) is 31.7 Å². The lowest BCUT2D eigenvalue weighted by molar-refractivity contribution is 0.266. The monoisotopic (exact) mass is 237 g/mol. The number of rotatable bonds is 2. The Bertz CT molecular complexity index is 369. The van der Waals surface area contributed by atoms with Crippen molar-refractivity contribution in [2.24, 2.45) is 5.73 Å². The van der Waals surface area contributed by atoms with Gasteiger partial charge in [0.1, 0.15) is 5.82 Å². The molecule has 0 saturated carbocycles. The molecule has 0 aromatic heterocycles. The number of hydrogen-bond donors (Lipinski definition) is 1. The van der Waals surface area contributed by atoms with Gasteiger partial charge in [-0.2, -0.15) is 0 Å². The Labute approximate surface area is 102 Å². The van der Waals surface area contributed by atoms with Crippen LogP contribution < -0.4 is 10.6 Å². The molecule has 1 aliphatic heterocycles. The minimum absolute atomic E-state index is 0.176. The first-order valence-electron chi connectivity index (χ1n) is 6.11. The molecule has 2 N–H and O–H groups in total. The summed E-state index contributed by atoms with van der Waals surface area (Å²) in [4.78, 5) is 4.52. The standard InChI is InChI=1S/C13H20FN3/c1-16-6-3-7-17(10-13(16)9-15)12-5-2-4-11(14)8-12/h2,4-5,8,13H,3,6-7,9-10,15H2,1H3. The van der Waals surface area contributed by atoms with Gasteiger partial charge in [-0.15, -0.1) is 0 Å². The van der Waals surface area contributed by atoms with Crippen LogP contribution in [0.2, 0.25) is 0 Å². The van der Waals surface area contributed by atoms with Gasteiger partial charge in [-0.05, 0) is 38.2 Å². The largest absolute Gasteiger partial charge is 0.370 e. The minimum Gasteiger partial charge on any atom is -0.370 e. The average Bonchev–Trinajstić information content (AvgIpc) is 2.51. The SMILES string of the molecule is CN1CCCN(c2cccc(F)c2)CC1CN. The quantitative estimate of drug-likeness (QED) is 0.841. The van der Waals surface area contributed by atoms with E-state index in [1.54, 1.807) is 12.1 Å². The second kappa shape index (κ2) is 5.47. The van der Waals surface area contributed by atoms with Gasteiger partial charge in [-0.25, -0.2) is 4.39 Å². The molecule has 2 rings (SSSR count). The van der Waals surface area contributed by atoms with E-state index in [0.29, 0.717) is 12.6 Å². The molecular formula is C13H20FN3. The molecule has 0 aliphatic carbocycles. The highest BCUT2D eigenvalue weighted by atomic mass is 19.1. The van der Waals surface area contributed by atoms with Crippen molar-refractivity contribution < 1.29 is 4.39 Å². The Morgan fingerprint density at radius 1 is 1.41 bits per heavy atom. The Hall–Kier alpha value is -1.13. The molecule has 0 amide bonds.